The lowest BCUT2D eigenvalue weighted by Gasteiger charge is -2.12. The van der Waals surface area contributed by atoms with Gasteiger partial charge in [0.05, 0.1) is 10.7 Å². The van der Waals surface area contributed by atoms with Crippen LogP contribution in [0.5, 0.6) is 0 Å². The molecule has 0 aliphatic rings. The molecule has 0 saturated carbocycles. The molecular formula is C7H11BrN4O. The molecule has 0 bridgehead atoms. The van der Waals surface area contributed by atoms with Gasteiger partial charge in [0, 0.05) is 6.20 Å². The van der Waals surface area contributed by atoms with E-state index in [-0.39, 0.29) is 11.9 Å². The molecule has 5 nitrogen and oxygen atoms in total. The van der Waals surface area contributed by atoms with Gasteiger partial charge in [0.15, 0.2) is 5.84 Å². The summed E-state index contributed by atoms with van der Waals surface area (Å²) in [4.78, 5) is 0. The summed E-state index contributed by atoms with van der Waals surface area (Å²) in [6, 6.07) is -0.184. The maximum atomic E-state index is 8.51. The summed E-state index contributed by atoms with van der Waals surface area (Å²) in [6.07, 6.45) is 4.17. The van der Waals surface area contributed by atoms with Crippen molar-refractivity contribution in [1.29, 1.82) is 0 Å². The zero-order valence-corrected chi connectivity index (χ0v) is 8.77. The van der Waals surface area contributed by atoms with Crippen LogP contribution in [0.4, 0.5) is 0 Å². The Morgan fingerprint density at radius 1 is 1.92 bits per heavy atom. The predicted molar refractivity (Wildman–Crippen MR) is 52.7 cm³/mol. The first kappa shape index (κ1) is 10.0. The van der Waals surface area contributed by atoms with Crippen molar-refractivity contribution in [2.24, 2.45) is 10.9 Å². The predicted octanol–water partition coefficient (Wildman–Crippen LogP) is 1.34. The minimum Gasteiger partial charge on any atom is -0.409 e. The van der Waals surface area contributed by atoms with Gasteiger partial charge < -0.3 is 10.9 Å². The van der Waals surface area contributed by atoms with E-state index in [0.717, 1.165) is 10.9 Å². The summed E-state index contributed by atoms with van der Waals surface area (Å²) in [5.74, 6) is 0.165. The maximum absolute atomic E-state index is 8.51. The molecule has 3 N–H and O–H groups in total. The van der Waals surface area contributed by atoms with Gasteiger partial charge in [0.2, 0.25) is 0 Å². The lowest BCUT2D eigenvalue weighted by molar-refractivity contribution is 0.312. The molecule has 1 aromatic heterocycles. The van der Waals surface area contributed by atoms with Crippen LogP contribution < -0.4 is 5.73 Å². The lowest BCUT2D eigenvalue weighted by atomic mass is 10.2. The fourth-order valence-electron chi connectivity index (χ4n) is 1.08. The minimum atomic E-state index is -0.184. The monoisotopic (exact) mass is 246 g/mol. The molecule has 0 radical (unpaired) electrons. The number of nitrogens with zero attached hydrogens (tertiary/aromatic N) is 3. The number of amidine groups is 1. The zero-order chi connectivity index (χ0) is 9.84. The highest BCUT2D eigenvalue weighted by Crippen LogP contribution is 2.14. The van der Waals surface area contributed by atoms with E-state index in [1.165, 1.54) is 0 Å². The molecule has 0 aromatic carbocycles. The van der Waals surface area contributed by atoms with E-state index >= 15 is 0 Å². The molecule has 1 aromatic rings. The Balaban J connectivity index is 2.90. The topological polar surface area (TPSA) is 76.4 Å². The van der Waals surface area contributed by atoms with E-state index in [0.29, 0.717) is 0 Å². The third-order valence-electron chi connectivity index (χ3n) is 1.73. The summed E-state index contributed by atoms with van der Waals surface area (Å²) in [5.41, 5.74) is 5.49. The second-order valence-electron chi connectivity index (χ2n) is 2.59. The Bertz CT molecular complexity index is 309. The smallest absolute Gasteiger partial charge is 0.164 e. The second-order valence-corrected chi connectivity index (χ2v) is 3.50. The maximum Gasteiger partial charge on any atom is 0.164 e. The standard InChI is InChI=1S/C7H11BrN4O/c1-2-6(7(9)11-13)12-4-5(8)3-10-12/h3-4,6,13H,2H2,1H3,(H2,9,11). The van der Waals surface area contributed by atoms with Gasteiger partial charge in [-0.3, -0.25) is 4.68 Å². The highest BCUT2D eigenvalue weighted by atomic mass is 79.9. The van der Waals surface area contributed by atoms with Crippen LogP contribution in [-0.4, -0.2) is 20.8 Å². The Hall–Kier alpha value is -1.04. The number of rotatable bonds is 3. The molecule has 0 spiro atoms. The van der Waals surface area contributed by atoms with Crippen LogP contribution in [0.3, 0.4) is 0 Å². The zero-order valence-electron chi connectivity index (χ0n) is 7.18. The molecule has 13 heavy (non-hydrogen) atoms. The van der Waals surface area contributed by atoms with Crippen molar-refractivity contribution in [3.05, 3.63) is 16.9 Å². The third-order valence-corrected chi connectivity index (χ3v) is 2.14. The molecule has 6 heteroatoms. The Labute approximate surface area is 84.3 Å². The first-order valence-electron chi connectivity index (χ1n) is 3.86. The summed E-state index contributed by atoms with van der Waals surface area (Å²) in [5, 5.41) is 15.5. The summed E-state index contributed by atoms with van der Waals surface area (Å²) >= 11 is 3.27. The number of aromatic nitrogens is 2. The Morgan fingerprint density at radius 2 is 2.62 bits per heavy atom. The average Bonchev–Trinajstić information content (AvgIpc) is 2.53. The molecule has 0 saturated heterocycles. The van der Waals surface area contributed by atoms with Crippen molar-refractivity contribution in [3.8, 4) is 0 Å². The van der Waals surface area contributed by atoms with E-state index in [9.17, 15) is 0 Å². The SMILES string of the molecule is CCC(C(N)=NO)n1cc(Br)cn1. The quantitative estimate of drug-likeness (QED) is 0.366. The molecule has 1 atom stereocenters. The second kappa shape index (κ2) is 4.27. The first-order valence-corrected chi connectivity index (χ1v) is 4.65. The Morgan fingerprint density at radius 3 is 3.00 bits per heavy atom. The van der Waals surface area contributed by atoms with Gasteiger partial charge in [-0.25, -0.2) is 0 Å². The van der Waals surface area contributed by atoms with Crippen LogP contribution in [0.1, 0.15) is 19.4 Å². The fourth-order valence-corrected chi connectivity index (χ4v) is 1.39. The molecule has 0 aliphatic carbocycles. The van der Waals surface area contributed by atoms with Crippen molar-refractivity contribution >= 4 is 21.8 Å². The van der Waals surface area contributed by atoms with Gasteiger partial charge >= 0.3 is 0 Å². The van der Waals surface area contributed by atoms with E-state index < -0.39 is 0 Å². The highest BCUT2D eigenvalue weighted by Gasteiger charge is 2.14. The van der Waals surface area contributed by atoms with Crippen molar-refractivity contribution in [3.63, 3.8) is 0 Å². The molecular weight excluding hydrogens is 236 g/mol. The van der Waals surface area contributed by atoms with E-state index in [1.54, 1.807) is 17.1 Å². The molecule has 0 amide bonds. The summed E-state index contributed by atoms with van der Waals surface area (Å²) < 4.78 is 2.52. The molecule has 1 unspecified atom stereocenters. The van der Waals surface area contributed by atoms with Gasteiger partial charge in [-0.15, -0.1) is 0 Å². The molecule has 1 rings (SSSR count). The van der Waals surface area contributed by atoms with Crippen molar-refractivity contribution in [1.82, 2.24) is 9.78 Å². The average molecular weight is 247 g/mol. The largest absolute Gasteiger partial charge is 0.409 e. The highest BCUT2D eigenvalue weighted by molar-refractivity contribution is 9.10. The fraction of sp³-hybridized carbons (Fsp3) is 0.429. The molecule has 0 aliphatic heterocycles. The van der Waals surface area contributed by atoms with Crippen molar-refractivity contribution in [2.45, 2.75) is 19.4 Å². The summed E-state index contributed by atoms with van der Waals surface area (Å²) in [6.45, 7) is 1.94. The number of nitrogens with two attached hydrogens (primary N) is 1. The van der Waals surface area contributed by atoms with Crippen LogP contribution in [0.2, 0.25) is 0 Å². The molecule has 1 heterocycles. The lowest BCUT2D eigenvalue weighted by Crippen LogP contribution is -2.26. The number of oxime groups is 1. The third kappa shape index (κ3) is 2.21. The summed E-state index contributed by atoms with van der Waals surface area (Å²) in [7, 11) is 0. The van der Waals surface area contributed by atoms with Crippen LogP contribution in [0, 0.1) is 0 Å². The van der Waals surface area contributed by atoms with Gasteiger partial charge in [-0.2, -0.15) is 5.10 Å². The van der Waals surface area contributed by atoms with E-state index in [4.69, 9.17) is 10.9 Å². The normalized spacial score (nSPS) is 14.5. The van der Waals surface area contributed by atoms with Crippen LogP contribution in [0.15, 0.2) is 22.0 Å². The van der Waals surface area contributed by atoms with Crippen molar-refractivity contribution < 1.29 is 5.21 Å². The van der Waals surface area contributed by atoms with Crippen molar-refractivity contribution in [2.75, 3.05) is 0 Å². The van der Waals surface area contributed by atoms with Crippen LogP contribution in [0.25, 0.3) is 0 Å². The van der Waals surface area contributed by atoms with E-state index in [1.807, 2.05) is 6.92 Å². The molecule has 72 valence electrons. The minimum absolute atomic E-state index is 0.165. The number of hydrogen-bond donors (Lipinski definition) is 2. The number of hydrogen-bond acceptors (Lipinski definition) is 3. The van der Waals surface area contributed by atoms with Gasteiger partial charge in [-0.1, -0.05) is 12.1 Å². The van der Waals surface area contributed by atoms with E-state index in [2.05, 4.69) is 26.2 Å². The Kier molecular flexibility index (Phi) is 3.30. The van der Waals surface area contributed by atoms with Gasteiger partial charge in [0.1, 0.15) is 6.04 Å². The van der Waals surface area contributed by atoms with Crippen LogP contribution >= 0.6 is 15.9 Å². The van der Waals surface area contributed by atoms with Crippen LogP contribution in [-0.2, 0) is 0 Å². The molecule has 0 fully saturated rings. The number of halogens is 1. The van der Waals surface area contributed by atoms with Gasteiger partial charge in [-0.05, 0) is 22.4 Å². The van der Waals surface area contributed by atoms with Gasteiger partial charge in [0.25, 0.3) is 0 Å². The first-order chi connectivity index (χ1) is 6.19.